The highest BCUT2D eigenvalue weighted by atomic mass is 32.1. The van der Waals surface area contributed by atoms with E-state index in [9.17, 15) is 4.79 Å². The third-order valence-corrected chi connectivity index (χ3v) is 6.51. The SMILES string of the molecule is CN1CCC(CN(CCc2ccccc2)C(=O)CCCc2cccs2)CC1. The van der Waals surface area contributed by atoms with E-state index in [-0.39, 0.29) is 0 Å². The van der Waals surface area contributed by atoms with Crippen LogP contribution in [0.1, 0.15) is 36.1 Å². The number of hydrogen-bond donors (Lipinski definition) is 0. The number of benzene rings is 1. The van der Waals surface area contributed by atoms with Crippen molar-refractivity contribution in [3.05, 3.63) is 58.3 Å². The molecule has 0 bridgehead atoms. The molecule has 27 heavy (non-hydrogen) atoms. The second-order valence-corrected chi connectivity index (χ2v) is 8.79. The Morgan fingerprint density at radius 1 is 1.11 bits per heavy atom. The minimum absolute atomic E-state index is 0.335. The van der Waals surface area contributed by atoms with Gasteiger partial charge in [-0.2, -0.15) is 0 Å². The lowest BCUT2D eigenvalue weighted by atomic mass is 9.96. The fourth-order valence-corrected chi connectivity index (χ4v) is 4.56. The summed E-state index contributed by atoms with van der Waals surface area (Å²) < 4.78 is 0. The van der Waals surface area contributed by atoms with Gasteiger partial charge in [0, 0.05) is 24.4 Å². The van der Waals surface area contributed by atoms with E-state index in [1.807, 2.05) is 0 Å². The lowest BCUT2D eigenvalue weighted by Crippen LogP contribution is -2.40. The van der Waals surface area contributed by atoms with Crippen molar-refractivity contribution < 1.29 is 4.79 Å². The smallest absolute Gasteiger partial charge is 0.222 e. The molecule has 0 saturated carbocycles. The molecule has 0 unspecified atom stereocenters. The van der Waals surface area contributed by atoms with Crippen LogP contribution in [0, 0.1) is 5.92 Å². The van der Waals surface area contributed by atoms with Crippen molar-refractivity contribution in [3.63, 3.8) is 0 Å². The molecule has 1 amide bonds. The summed E-state index contributed by atoms with van der Waals surface area (Å²) in [5.74, 6) is 0.986. The molecule has 4 heteroatoms. The first-order chi connectivity index (χ1) is 13.2. The van der Waals surface area contributed by atoms with E-state index >= 15 is 0 Å². The van der Waals surface area contributed by atoms with Gasteiger partial charge < -0.3 is 9.80 Å². The Labute approximate surface area is 168 Å². The number of thiophene rings is 1. The van der Waals surface area contributed by atoms with E-state index in [1.165, 1.54) is 23.3 Å². The van der Waals surface area contributed by atoms with Gasteiger partial charge in [-0.1, -0.05) is 36.4 Å². The number of carbonyl (C=O) groups excluding carboxylic acids is 1. The number of likely N-dealkylation sites (tertiary alicyclic amines) is 1. The number of hydrogen-bond acceptors (Lipinski definition) is 3. The van der Waals surface area contributed by atoms with Gasteiger partial charge in [0.15, 0.2) is 0 Å². The molecule has 0 atom stereocenters. The quantitative estimate of drug-likeness (QED) is 0.636. The number of rotatable bonds is 9. The maximum Gasteiger partial charge on any atom is 0.222 e. The molecule has 0 aliphatic carbocycles. The van der Waals surface area contributed by atoms with E-state index < -0.39 is 0 Å². The Bertz CT molecular complexity index is 663. The molecule has 0 spiro atoms. The first-order valence-corrected chi connectivity index (χ1v) is 11.1. The van der Waals surface area contributed by atoms with Gasteiger partial charge in [0.25, 0.3) is 0 Å². The van der Waals surface area contributed by atoms with Crippen LogP contribution in [0.4, 0.5) is 0 Å². The van der Waals surface area contributed by atoms with Crippen LogP contribution in [-0.4, -0.2) is 48.9 Å². The Hall–Kier alpha value is -1.65. The molecule has 1 saturated heterocycles. The first-order valence-electron chi connectivity index (χ1n) is 10.2. The largest absolute Gasteiger partial charge is 0.342 e. The molecule has 1 aromatic heterocycles. The summed E-state index contributed by atoms with van der Waals surface area (Å²) in [5, 5.41) is 2.11. The van der Waals surface area contributed by atoms with Gasteiger partial charge in [0.2, 0.25) is 5.91 Å². The summed E-state index contributed by atoms with van der Waals surface area (Å²) in [6.07, 6.45) is 6.00. The summed E-state index contributed by atoms with van der Waals surface area (Å²) in [4.78, 5) is 18.9. The number of carbonyl (C=O) groups is 1. The molecule has 1 aliphatic heterocycles. The van der Waals surface area contributed by atoms with Crippen LogP contribution in [0.3, 0.4) is 0 Å². The highest BCUT2D eigenvalue weighted by Crippen LogP contribution is 2.19. The second-order valence-electron chi connectivity index (χ2n) is 7.75. The maximum atomic E-state index is 12.9. The van der Waals surface area contributed by atoms with Crippen molar-refractivity contribution in [2.75, 3.05) is 33.2 Å². The van der Waals surface area contributed by atoms with Crippen LogP contribution in [0.2, 0.25) is 0 Å². The first kappa shape index (κ1) is 20.1. The highest BCUT2D eigenvalue weighted by molar-refractivity contribution is 7.09. The summed E-state index contributed by atoms with van der Waals surface area (Å²) >= 11 is 1.79. The Balaban J connectivity index is 1.52. The molecule has 1 fully saturated rings. The van der Waals surface area contributed by atoms with Gasteiger partial charge in [-0.25, -0.2) is 0 Å². The van der Waals surface area contributed by atoms with Crippen LogP contribution in [0.5, 0.6) is 0 Å². The maximum absolute atomic E-state index is 12.9. The molecule has 1 aromatic carbocycles. The average molecular weight is 385 g/mol. The van der Waals surface area contributed by atoms with Gasteiger partial charge in [-0.15, -0.1) is 11.3 Å². The second kappa shape index (κ2) is 10.6. The lowest BCUT2D eigenvalue weighted by Gasteiger charge is -2.33. The summed E-state index contributed by atoms with van der Waals surface area (Å²) in [6, 6.07) is 14.8. The molecule has 0 N–H and O–H groups in total. The van der Waals surface area contributed by atoms with Crippen LogP contribution < -0.4 is 0 Å². The van der Waals surface area contributed by atoms with Crippen molar-refractivity contribution in [2.24, 2.45) is 5.92 Å². The van der Waals surface area contributed by atoms with Gasteiger partial charge in [0.05, 0.1) is 0 Å². The minimum atomic E-state index is 0.335. The number of amides is 1. The number of nitrogens with zero attached hydrogens (tertiary/aromatic N) is 2. The van der Waals surface area contributed by atoms with Crippen molar-refractivity contribution in [1.82, 2.24) is 9.80 Å². The zero-order valence-corrected chi connectivity index (χ0v) is 17.3. The Kier molecular flexibility index (Phi) is 7.91. The van der Waals surface area contributed by atoms with E-state index in [1.54, 1.807) is 11.3 Å². The summed E-state index contributed by atoms with van der Waals surface area (Å²) in [7, 11) is 2.19. The Morgan fingerprint density at radius 2 is 1.89 bits per heavy atom. The van der Waals surface area contributed by atoms with Crippen molar-refractivity contribution in [3.8, 4) is 0 Å². The minimum Gasteiger partial charge on any atom is -0.342 e. The lowest BCUT2D eigenvalue weighted by molar-refractivity contribution is -0.132. The van der Waals surface area contributed by atoms with Crippen molar-refractivity contribution in [1.29, 1.82) is 0 Å². The van der Waals surface area contributed by atoms with Gasteiger partial charge >= 0.3 is 0 Å². The molecular weight excluding hydrogens is 352 g/mol. The van der Waals surface area contributed by atoms with E-state index in [0.717, 1.165) is 45.4 Å². The Morgan fingerprint density at radius 3 is 2.59 bits per heavy atom. The number of aryl methyl sites for hydroxylation is 1. The standard InChI is InChI=1S/C23H32N2OS/c1-24-15-12-21(13-16-24)19-25(17-14-20-7-3-2-4-8-20)23(26)11-5-9-22-10-6-18-27-22/h2-4,6-8,10,18,21H,5,9,11-17,19H2,1H3. The fraction of sp³-hybridized carbons (Fsp3) is 0.522. The third kappa shape index (κ3) is 6.78. The van der Waals surface area contributed by atoms with Gasteiger partial charge in [-0.05, 0) is 75.2 Å². The van der Waals surface area contributed by atoms with Gasteiger partial charge in [-0.3, -0.25) is 4.79 Å². The average Bonchev–Trinajstić information content (AvgIpc) is 3.21. The van der Waals surface area contributed by atoms with Crippen LogP contribution in [-0.2, 0) is 17.6 Å². The number of piperidine rings is 1. The third-order valence-electron chi connectivity index (χ3n) is 5.58. The van der Waals surface area contributed by atoms with E-state index in [0.29, 0.717) is 18.2 Å². The topological polar surface area (TPSA) is 23.6 Å². The zero-order chi connectivity index (χ0) is 18.9. The highest BCUT2D eigenvalue weighted by Gasteiger charge is 2.22. The molecule has 3 rings (SSSR count). The van der Waals surface area contributed by atoms with E-state index in [4.69, 9.17) is 0 Å². The molecule has 2 aromatic rings. The monoisotopic (exact) mass is 384 g/mol. The normalized spacial score (nSPS) is 15.7. The van der Waals surface area contributed by atoms with E-state index in [2.05, 4.69) is 64.7 Å². The van der Waals surface area contributed by atoms with Crippen molar-refractivity contribution >= 4 is 17.2 Å². The molecule has 3 nitrogen and oxygen atoms in total. The molecular formula is C23H32N2OS. The van der Waals surface area contributed by atoms with Crippen molar-refractivity contribution in [2.45, 2.75) is 38.5 Å². The predicted molar refractivity (Wildman–Crippen MR) is 114 cm³/mol. The zero-order valence-electron chi connectivity index (χ0n) is 16.5. The molecule has 2 heterocycles. The van der Waals surface area contributed by atoms with Gasteiger partial charge in [0.1, 0.15) is 0 Å². The summed E-state index contributed by atoms with van der Waals surface area (Å²) in [6.45, 7) is 4.08. The molecule has 1 aliphatic rings. The fourth-order valence-electron chi connectivity index (χ4n) is 3.81. The molecule has 146 valence electrons. The van der Waals surface area contributed by atoms with Crippen LogP contribution in [0.15, 0.2) is 47.8 Å². The van der Waals surface area contributed by atoms with Crippen LogP contribution in [0.25, 0.3) is 0 Å². The summed E-state index contributed by atoms with van der Waals surface area (Å²) in [5.41, 5.74) is 1.32. The molecule has 0 radical (unpaired) electrons. The predicted octanol–water partition coefficient (Wildman–Crippen LogP) is 4.48. The van der Waals surface area contributed by atoms with Crippen LogP contribution >= 0.6 is 11.3 Å².